The number of carbonyl (C=O) groups excluding carboxylic acids is 2. The summed E-state index contributed by atoms with van der Waals surface area (Å²) in [6.45, 7) is 1.12. The molecule has 13 heteroatoms. The fourth-order valence-corrected chi connectivity index (χ4v) is 4.37. The maximum atomic E-state index is 12.6. The second-order valence-corrected chi connectivity index (χ2v) is 8.68. The third-order valence-electron chi connectivity index (χ3n) is 5.38. The SMILES string of the molecule is COc1ccccc1NC(=O)ON1CCN(c2nc(N)nc3scnc23)C(CC(=O)N(C)C)C1. The van der Waals surface area contributed by atoms with Gasteiger partial charge in [0.2, 0.25) is 11.9 Å². The van der Waals surface area contributed by atoms with E-state index in [0.717, 1.165) is 0 Å². The van der Waals surface area contributed by atoms with Crippen LogP contribution < -0.4 is 20.7 Å². The lowest BCUT2D eigenvalue weighted by molar-refractivity contribution is -0.131. The number of fused-ring (bicyclic) bond motifs is 1. The van der Waals surface area contributed by atoms with Gasteiger partial charge in [0.1, 0.15) is 11.3 Å². The number of ether oxygens (including phenoxy) is 1. The molecule has 1 aliphatic heterocycles. The van der Waals surface area contributed by atoms with Gasteiger partial charge in [0, 0.05) is 27.1 Å². The average molecular weight is 487 g/mol. The van der Waals surface area contributed by atoms with Gasteiger partial charge in [0.15, 0.2) is 10.6 Å². The highest BCUT2D eigenvalue weighted by Crippen LogP contribution is 2.30. The van der Waals surface area contributed by atoms with Crippen molar-refractivity contribution in [3.05, 3.63) is 29.8 Å². The quantitative estimate of drug-likeness (QED) is 0.530. The third-order valence-corrected chi connectivity index (χ3v) is 6.10. The van der Waals surface area contributed by atoms with Crippen LogP contribution in [0.1, 0.15) is 6.42 Å². The summed E-state index contributed by atoms with van der Waals surface area (Å²) >= 11 is 1.37. The molecule has 1 aromatic carbocycles. The van der Waals surface area contributed by atoms with E-state index in [9.17, 15) is 9.59 Å². The van der Waals surface area contributed by atoms with E-state index in [4.69, 9.17) is 15.3 Å². The molecular weight excluding hydrogens is 460 g/mol. The number of amides is 2. The average Bonchev–Trinajstić information content (AvgIpc) is 3.27. The fraction of sp³-hybridized carbons (Fsp3) is 0.381. The minimum atomic E-state index is -0.649. The molecule has 1 atom stereocenters. The molecule has 4 rings (SSSR count). The van der Waals surface area contributed by atoms with Crippen molar-refractivity contribution in [2.45, 2.75) is 12.5 Å². The number of nitrogens with two attached hydrogens (primary N) is 1. The molecule has 34 heavy (non-hydrogen) atoms. The number of carbonyl (C=O) groups is 2. The number of nitrogen functional groups attached to an aromatic ring is 1. The number of benzene rings is 1. The highest BCUT2D eigenvalue weighted by molar-refractivity contribution is 7.16. The van der Waals surface area contributed by atoms with Gasteiger partial charge in [-0.05, 0) is 12.1 Å². The van der Waals surface area contributed by atoms with Crippen LogP contribution in [-0.2, 0) is 9.63 Å². The summed E-state index contributed by atoms with van der Waals surface area (Å²) in [5.41, 5.74) is 8.74. The molecular formula is C21H26N8O4S. The number of hydrogen-bond acceptors (Lipinski definition) is 11. The molecule has 0 bridgehead atoms. The summed E-state index contributed by atoms with van der Waals surface area (Å²) in [7, 11) is 4.92. The first kappa shape index (κ1) is 23.4. The van der Waals surface area contributed by atoms with E-state index in [2.05, 4.69) is 20.3 Å². The van der Waals surface area contributed by atoms with Gasteiger partial charge in [-0.15, -0.1) is 16.4 Å². The molecule has 1 unspecified atom stereocenters. The minimum absolute atomic E-state index is 0.0631. The molecule has 0 spiro atoms. The van der Waals surface area contributed by atoms with Gasteiger partial charge < -0.3 is 25.1 Å². The zero-order valence-electron chi connectivity index (χ0n) is 19.1. The summed E-state index contributed by atoms with van der Waals surface area (Å²) < 4.78 is 5.26. The van der Waals surface area contributed by atoms with Crippen LogP contribution in [-0.4, -0.2) is 83.8 Å². The maximum Gasteiger partial charge on any atom is 0.430 e. The second-order valence-electron chi connectivity index (χ2n) is 7.84. The Kier molecular flexibility index (Phi) is 6.93. The molecule has 0 aliphatic carbocycles. The number of piperazine rings is 1. The van der Waals surface area contributed by atoms with Crippen molar-refractivity contribution in [3.8, 4) is 5.75 Å². The second kappa shape index (κ2) is 10.1. The molecule has 0 saturated carbocycles. The Morgan fingerprint density at radius 3 is 2.82 bits per heavy atom. The largest absolute Gasteiger partial charge is 0.495 e. The lowest BCUT2D eigenvalue weighted by Crippen LogP contribution is -2.55. The molecule has 0 radical (unpaired) electrons. The number of nitrogens with zero attached hydrogens (tertiary/aromatic N) is 6. The molecule has 1 fully saturated rings. The molecule has 12 nitrogen and oxygen atoms in total. The molecule has 1 aliphatic rings. The van der Waals surface area contributed by atoms with E-state index in [-0.39, 0.29) is 30.9 Å². The Morgan fingerprint density at radius 1 is 1.26 bits per heavy atom. The van der Waals surface area contributed by atoms with Crippen molar-refractivity contribution < 1.29 is 19.2 Å². The van der Waals surface area contributed by atoms with Crippen LogP contribution in [0.4, 0.5) is 22.2 Å². The van der Waals surface area contributed by atoms with Gasteiger partial charge in [-0.1, -0.05) is 12.1 Å². The topological polar surface area (TPSA) is 139 Å². The molecule has 180 valence electrons. The number of thiazole rings is 1. The van der Waals surface area contributed by atoms with Gasteiger partial charge in [0.05, 0.1) is 37.4 Å². The van der Waals surface area contributed by atoms with Gasteiger partial charge in [-0.2, -0.15) is 4.98 Å². The standard InChI is InChI=1S/C21H26N8O4S/c1-27(2)16(30)10-13-11-28(33-21(31)24-14-6-4-5-7-15(14)32-3)8-9-29(13)18-17-19(34-12-23-17)26-20(22)25-18/h4-7,12-13H,8-11H2,1-3H3,(H,24,31)(H2,22,25,26). The van der Waals surface area contributed by atoms with E-state index in [1.807, 2.05) is 4.90 Å². The number of anilines is 3. The molecule has 1 saturated heterocycles. The predicted molar refractivity (Wildman–Crippen MR) is 129 cm³/mol. The molecule has 3 heterocycles. The number of hydrogen-bond donors (Lipinski definition) is 2. The number of hydroxylamine groups is 2. The van der Waals surface area contributed by atoms with Crippen LogP contribution in [0.2, 0.25) is 0 Å². The van der Waals surface area contributed by atoms with Crippen molar-refractivity contribution in [2.24, 2.45) is 0 Å². The van der Waals surface area contributed by atoms with Gasteiger partial charge >= 0.3 is 6.09 Å². The van der Waals surface area contributed by atoms with Crippen molar-refractivity contribution in [2.75, 3.05) is 56.8 Å². The van der Waals surface area contributed by atoms with Gasteiger partial charge in [-0.25, -0.2) is 14.8 Å². The van der Waals surface area contributed by atoms with Crippen LogP contribution in [0, 0.1) is 0 Å². The zero-order chi connectivity index (χ0) is 24.2. The Labute approximate surface area is 200 Å². The van der Waals surface area contributed by atoms with Gasteiger partial charge in [0.25, 0.3) is 0 Å². The fourth-order valence-electron chi connectivity index (χ4n) is 3.71. The van der Waals surface area contributed by atoms with Gasteiger partial charge in [-0.3, -0.25) is 10.1 Å². The van der Waals surface area contributed by atoms with Crippen LogP contribution >= 0.6 is 11.3 Å². The number of aromatic nitrogens is 3. The van der Waals surface area contributed by atoms with Crippen molar-refractivity contribution in [1.29, 1.82) is 0 Å². The minimum Gasteiger partial charge on any atom is -0.495 e. The highest BCUT2D eigenvalue weighted by Gasteiger charge is 2.34. The Morgan fingerprint density at radius 2 is 2.06 bits per heavy atom. The summed E-state index contributed by atoms with van der Waals surface area (Å²) in [5.74, 6) is 1.16. The molecule has 3 aromatic rings. The highest BCUT2D eigenvalue weighted by atomic mass is 32.1. The zero-order valence-corrected chi connectivity index (χ0v) is 19.9. The Balaban J connectivity index is 1.52. The van der Waals surface area contributed by atoms with E-state index in [0.29, 0.717) is 40.7 Å². The predicted octanol–water partition coefficient (Wildman–Crippen LogP) is 1.81. The van der Waals surface area contributed by atoms with E-state index in [1.165, 1.54) is 28.4 Å². The number of methoxy groups -OCH3 is 1. The number of rotatable bonds is 6. The normalized spacial score (nSPS) is 16.3. The first-order valence-electron chi connectivity index (χ1n) is 10.6. The Bertz CT molecular complexity index is 1190. The van der Waals surface area contributed by atoms with E-state index in [1.54, 1.807) is 43.9 Å². The smallest absolute Gasteiger partial charge is 0.430 e. The van der Waals surface area contributed by atoms with Crippen molar-refractivity contribution in [3.63, 3.8) is 0 Å². The van der Waals surface area contributed by atoms with Crippen molar-refractivity contribution >= 4 is 51.1 Å². The monoisotopic (exact) mass is 486 g/mol. The molecule has 2 aromatic heterocycles. The van der Waals surface area contributed by atoms with Crippen LogP contribution in [0.15, 0.2) is 29.8 Å². The lowest BCUT2D eigenvalue weighted by atomic mass is 10.1. The summed E-state index contributed by atoms with van der Waals surface area (Å²) in [4.78, 5) is 47.9. The Hall–Kier alpha value is -3.71. The first-order chi connectivity index (χ1) is 16.4. The van der Waals surface area contributed by atoms with Crippen LogP contribution in [0.25, 0.3) is 10.3 Å². The third kappa shape index (κ3) is 5.10. The van der Waals surface area contributed by atoms with E-state index < -0.39 is 6.09 Å². The first-order valence-corrected chi connectivity index (χ1v) is 11.4. The summed E-state index contributed by atoms with van der Waals surface area (Å²) in [5, 5.41) is 4.23. The lowest BCUT2D eigenvalue weighted by Gasteiger charge is -2.40. The summed E-state index contributed by atoms with van der Waals surface area (Å²) in [6.07, 6.45) is -0.458. The molecule has 3 N–H and O–H groups in total. The number of para-hydroxylation sites is 2. The van der Waals surface area contributed by atoms with Crippen LogP contribution in [0.5, 0.6) is 5.75 Å². The maximum absolute atomic E-state index is 12.6. The number of nitrogens with one attached hydrogen (secondary N) is 1. The molecule has 2 amide bonds. The van der Waals surface area contributed by atoms with Crippen molar-refractivity contribution in [1.82, 2.24) is 24.9 Å². The van der Waals surface area contributed by atoms with E-state index >= 15 is 0 Å². The summed E-state index contributed by atoms with van der Waals surface area (Å²) in [6, 6.07) is 6.72. The van der Waals surface area contributed by atoms with Crippen LogP contribution in [0.3, 0.4) is 0 Å².